The van der Waals surface area contributed by atoms with Gasteiger partial charge in [-0.2, -0.15) is 0 Å². The number of anilines is 1. The van der Waals surface area contributed by atoms with Crippen molar-refractivity contribution in [3.63, 3.8) is 0 Å². The summed E-state index contributed by atoms with van der Waals surface area (Å²) < 4.78 is 0. The molecule has 21 heavy (non-hydrogen) atoms. The van der Waals surface area contributed by atoms with Gasteiger partial charge in [-0.15, -0.1) is 0 Å². The molecule has 2 rings (SSSR count). The van der Waals surface area contributed by atoms with Crippen molar-refractivity contribution in [2.45, 2.75) is 6.42 Å². The topological polar surface area (TPSA) is 75.3 Å². The third kappa shape index (κ3) is 4.37. The standard InChI is InChI=1S/C17H16N2O2/c18-10-4-7-14-6-1-2-9-16(14)19-17(21)12-13-5-3-8-15(20)11-13/h1-3,5-6,8-9,11,20H,10,12,18H2,(H,19,21). The van der Waals surface area contributed by atoms with E-state index in [2.05, 4.69) is 17.2 Å². The van der Waals surface area contributed by atoms with E-state index in [1.807, 2.05) is 18.2 Å². The molecule has 2 aromatic rings. The van der Waals surface area contributed by atoms with Crippen LogP contribution < -0.4 is 11.1 Å². The minimum absolute atomic E-state index is 0.148. The molecule has 4 nitrogen and oxygen atoms in total. The normalized spacial score (nSPS) is 9.57. The molecule has 0 aliphatic rings. The van der Waals surface area contributed by atoms with Gasteiger partial charge in [0.2, 0.25) is 5.91 Å². The molecule has 2 aromatic carbocycles. The van der Waals surface area contributed by atoms with E-state index in [-0.39, 0.29) is 24.6 Å². The van der Waals surface area contributed by atoms with Crippen molar-refractivity contribution >= 4 is 11.6 Å². The van der Waals surface area contributed by atoms with E-state index in [9.17, 15) is 9.90 Å². The van der Waals surface area contributed by atoms with Crippen LogP contribution in [0, 0.1) is 11.8 Å². The number of para-hydroxylation sites is 1. The second kappa shape index (κ2) is 7.13. The zero-order valence-electron chi connectivity index (χ0n) is 11.5. The Labute approximate surface area is 123 Å². The molecule has 0 spiro atoms. The number of carbonyl (C=O) groups is 1. The molecule has 0 fully saturated rings. The van der Waals surface area contributed by atoms with Gasteiger partial charge in [-0.25, -0.2) is 0 Å². The highest BCUT2D eigenvalue weighted by molar-refractivity contribution is 5.93. The lowest BCUT2D eigenvalue weighted by molar-refractivity contribution is -0.115. The number of hydrogen-bond donors (Lipinski definition) is 3. The molecule has 0 saturated carbocycles. The van der Waals surface area contributed by atoms with E-state index in [1.165, 1.54) is 0 Å². The van der Waals surface area contributed by atoms with Crippen molar-refractivity contribution in [1.29, 1.82) is 0 Å². The summed E-state index contributed by atoms with van der Waals surface area (Å²) in [5.41, 5.74) is 7.49. The zero-order chi connectivity index (χ0) is 15.1. The first-order valence-electron chi connectivity index (χ1n) is 6.55. The van der Waals surface area contributed by atoms with Gasteiger partial charge in [0.1, 0.15) is 5.75 Å². The molecular formula is C17H16N2O2. The van der Waals surface area contributed by atoms with Gasteiger partial charge in [0.05, 0.1) is 18.7 Å². The fourth-order valence-corrected chi connectivity index (χ4v) is 1.89. The van der Waals surface area contributed by atoms with Crippen LogP contribution in [0.5, 0.6) is 5.75 Å². The van der Waals surface area contributed by atoms with E-state index in [1.54, 1.807) is 30.3 Å². The maximum Gasteiger partial charge on any atom is 0.228 e. The second-order valence-corrected chi connectivity index (χ2v) is 4.45. The third-order valence-corrected chi connectivity index (χ3v) is 2.80. The second-order valence-electron chi connectivity index (χ2n) is 4.45. The van der Waals surface area contributed by atoms with Crippen molar-refractivity contribution < 1.29 is 9.90 Å². The number of phenols is 1. The van der Waals surface area contributed by atoms with Crippen LogP contribution in [0.25, 0.3) is 0 Å². The van der Waals surface area contributed by atoms with Gasteiger partial charge in [-0.3, -0.25) is 4.79 Å². The van der Waals surface area contributed by atoms with Crippen LogP contribution in [0.15, 0.2) is 48.5 Å². The summed E-state index contributed by atoms with van der Waals surface area (Å²) in [7, 11) is 0. The number of aromatic hydroxyl groups is 1. The Hall–Kier alpha value is -2.77. The van der Waals surface area contributed by atoms with Crippen molar-refractivity contribution in [1.82, 2.24) is 0 Å². The lowest BCUT2D eigenvalue weighted by Gasteiger charge is -2.07. The van der Waals surface area contributed by atoms with Crippen molar-refractivity contribution in [3.05, 3.63) is 59.7 Å². The summed E-state index contributed by atoms with van der Waals surface area (Å²) >= 11 is 0. The molecule has 1 amide bonds. The summed E-state index contributed by atoms with van der Waals surface area (Å²) in [6.07, 6.45) is 0.188. The van der Waals surface area contributed by atoms with Crippen LogP contribution in [0.1, 0.15) is 11.1 Å². The predicted octanol–water partition coefficient (Wildman–Crippen LogP) is 1.88. The molecule has 0 heterocycles. The maximum atomic E-state index is 12.1. The highest BCUT2D eigenvalue weighted by atomic mass is 16.3. The first kappa shape index (κ1) is 14.6. The first-order chi connectivity index (χ1) is 10.2. The summed E-state index contributed by atoms with van der Waals surface area (Å²) in [6.45, 7) is 0.269. The van der Waals surface area contributed by atoms with Crippen molar-refractivity contribution in [2.24, 2.45) is 5.73 Å². The van der Waals surface area contributed by atoms with E-state index >= 15 is 0 Å². The number of carbonyl (C=O) groups excluding carboxylic acids is 1. The molecule has 4 N–H and O–H groups in total. The molecule has 0 saturated heterocycles. The molecular weight excluding hydrogens is 264 g/mol. The molecule has 106 valence electrons. The van der Waals surface area contributed by atoms with Crippen molar-refractivity contribution in [2.75, 3.05) is 11.9 Å². The quantitative estimate of drug-likeness (QED) is 0.751. The monoisotopic (exact) mass is 280 g/mol. The third-order valence-electron chi connectivity index (χ3n) is 2.80. The summed E-state index contributed by atoms with van der Waals surface area (Å²) in [4.78, 5) is 12.1. The van der Waals surface area contributed by atoms with Crippen LogP contribution in [0.3, 0.4) is 0 Å². The smallest absolute Gasteiger partial charge is 0.228 e. The average Bonchev–Trinajstić information content (AvgIpc) is 2.46. The summed E-state index contributed by atoms with van der Waals surface area (Å²) in [6, 6.07) is 13.9. The highest BCUT2D eigenvalue weighted by Crippen LogP contribution is 2.15. The Kier molecular flexibility index (Phi) is 4.97. The zero-order valence-corrected chi connectivity index (χ0v) is 11.5. The molecule has 0 bridgehead atoms. The van der Waals surface area contributed by atoms with E-state index in [0.717, 1.165) is 11.1 Å². The fourth-order valence-electron chi connectivity index (χ4n) is 1.89. The Morgan fingerprint density at radius 1 is 1.19 bits per heavy atom. The number of phenolic OH excluding ortho intramolecular Hbond substituents is 1. The molecule has 0 aliphatic carbocycles. The number of nitrogens with one attached hydrogen (secondary N) is 1. The van der Waals surface area contributed by atoms with Crippen LogP contribution in [-0.2, 0) is 11.2 Å². The Bertz CT molecular complexity index is 699. The molecule has 0 aliphatic heterocycles. The van der Waals surface area contributed by atoms with Gasteiger partial charge in [-0.1, -0.05) is 36.1 Å². The van der Waals surface area contributed by atoms with Gasteiger partial charge in [0.25, 0.3) is 0 Å². The minimum Gasteiger partial charge on any atom is -0.508 e. The van der Waals surface area contributed by atoms with Gasteiger partial charge in [0.15, 0.2) is 0 Å². The lowest BCUT2D eigenvalue weighted by atomic mass is 10.1. The van der Waals surface area contributed by atoms with Gasteiger partial charge in [-0.05, 0) is 29.8 Å². The van der Waals surface area contributed by atoms with Gasteiger partial charge >= 0.3 is 0 Å². The maximum absolute atomic E-state index is 12.1. The first-order valence-corrected chi connectivity index (χ1v) is 6.55. The number of rotatable bonds is 3. The number of benzene rings is 2. The minimum atomic E-state index is -0.164. The molecule has 0 unspecified atom stereocenters. The molecule has 0 radical (unpaired) electrons. The molecule has 4 heteroatoms. The van der Waals surface area contributed by atoms with Crippen LogP contribution in [0.2, 0.25) is 0 Å². The lowest BCUT2D eigenvalue weighted by Crippen LogP contribution is -2.15. The molecule has 0 atom stereocenters. The number of nitrogens with two attached hydrogens (primary N) is 1. The van der Waals surface area contributed by atoms with Gasteiger partial charge < -0.3 is 16.2 Å². The Morgan fingerprint density at radius 2 is 2.00 bits per heavy atom. The number of hydrogen-bond acceptors (Lipinski definition) is 3. The van der Waals surface area contributed by atoms with E-state index in [0.29, 0.717) is 5.69 Å². The fraction of sp³-hybridized carbons (Fsp3) is 0.118. The largest absolute Gasteiger partial charge is 0.508 e. The van der Waals surface area contributed by atoms with Gasteiger partial charge in [0, 0.05) is 5.56 Å². The number of amides is 1. The highest BCUT2D eigenvalue weighted by Gasteiger charge is 2.07. The van der Waals surface area contributed by atoms with Crippen LogP contribution in [-0.4, -0.2) is 17.6 Å². The predicted molar refractivity (Wildman–Crippen MR) is 82.8 cm³/mol. The van der Waals surface area contributed by atoms with E-state index in [4.69, 9.17) is 5.73 Å². The van der Waals surface area contributed by atoms with Crippen molar-refractivity contribution in [3.8, 4) is 17.6 Å². The summed E-state index contributed by atoms with van der Waals surface area (Å²) in [5.74, 6) is 5.67. The molecule has 0 aromatic heterocycles. The van der Waals surface area contributed by atoms with Crippen LogP contribution >= 0.6 is 0 Å². The van der Waals surface area contributed by atoms with E-state index < -0.39 is 0 Å². The SMILES string of the molecule is NCC#Cc1ccccc1NC(=O)Cc1cccc(O)c1. The summed E-state index contributed by atoms with van der Waals surface area (Å²) in [5, 5.41) is 12.2. The van der Waals surface area contributed by atoms with Crippen LogP contribution in [0.4, 0.5) is 5.69 Å². The Balaban J connectivity index is 2.09. The Morgan fingerprint density at radius 3 is 2.76 bits per heavy atom. The average molecular weight is 280 g/mol.